The second-order valence-corrected chi connectivity index (χ2v) is 14.3. The molecule has 0 bridgehead atoms. The van der Waals surface area contributed by atoms with Gasteiger partial charge in [-0.05, 0) is 74.0 Å². The normalized spacial score (nSPS) is 21.1. The van der Waals surface area contributed by atoms with E-state index >= 15 is 0 Å². The van der Waals surface area contributed by atoms with Gasteiger partial charge in [-0.1, -0.05) is 53.2 Å². The lowest BCUT2D eigenvalue weighted by molar-refractivity contribution is 0.212. The fourth-order valence-electron chi connectivity index (χ4n) is 5.93. The summed E-state index contributed by atoms with van der Waals surface area (Å²) < 4.78 is 34.0. The second-order valence-electron chi connectivity index (χ2n) is 11.1. The maximum absolute atomic E-state index is 14.6. The largest absolute Gasteiger partial charge is 0.364 e. The average molecular weight is 601 g/mol. The molecule has 2 aliphatic heterocycles. The molecule has 1 unspecified atom stereocenters. The van der Waals surface area contributed by atoms with Crippen molar-refractivity contribution in [1.82, 2.24) is 19.2 Å². The molecule has 9 heteroatoms. The number of fused-ring (bicyclic) bond motifs is 1. The van der Waals surface area contributed by atoms with Gasteiger partial charge >= 0.3 is 0 Å². The Morgan fingerprint density at radius 1 is 1.16 bits per heavy atom. The molecular formula is C29H38BrN5O2S. The Labute approximate surface area is 235 Å². The summed E-state index contributed by atoms with van der Waals surface area (Å²) >= 11 is 3.64. The average Bonchev–Trinajstić information content (AvgIpc) is 3.24. The van der Waals surface area contributed by atoms with Crippen LogP contribution in [-0.2, 0) is 36.6 Å². The summed E-state index contributed by atoms with van der Waals surface area (Å²) in [6.45, 7) is 7.41. The van der Waals surface area contributed by atoms with Crippen molar-refractivity contribution in [2.75, 3.05) is 24.5 Å². The van der Waals surface area contributed by atoms with E-state index in [-0.39, 0.29) is 11.5 Å². The van der Waals surface area contributed by atoms with Crippen molar-refractivity contribution in [2.45, 2.75) is 57.5 Å². The van der Waals surface area contributed by atoms with E-state index < -0.39 is 15.3 Å². The van der Waals surface area contributed by atoms with E-state index in [0.717, 1.165) is 52.9 Å². The van der Waals surface area contributed by atoms with Crippen LogP contribution < -0.4 is 10.2 Å². The summed E-state index contributed by atoms with van der Waals surface area (Å²) in [5, 5.41) is 2.92. The fourth-order valence-corrected chi connectivity index (χ4v) is 8.57. The molecule has 0 saturated carbocycles. The molecule has 204 valence electrons. The molecule has 2 aromatic carbocycles. The molecule has 1 N–H and O–H groups in total. The lowest BCUT2D eigenvalue weighted by atomic mass is 9.78. The Balaban J connectivity index is 1.58. The third-order valence-electron chi connectivity index (χ3n) is 8.63. The minimum atomic E-state index is -3.62. The molecule has 0 aliphatic carbocycles. The van der Waals surface area contributed by atoms with E-state index in [1.807, 2.05) is 59.6 Å². The standard InChI is InChI=1S/C29H38BrN5O2S/c1-22(29(2)11-13-31-14-12-29)38(36,37)35-18-24-16-25(30)9-10-28(24)34(20-27-17-32-21-33(27)3)19-26(35)15-23-7-5-4-6-8-23/h4-10,16-17,21-22,26,31H,11-15,18-20H2,1-3H3/t22?,26-/m1/s1. The van der Waals surface area contributed by atoms with Crippen molar-refractivity contribution in [2.24, 2.45) is 12.5 Å². The number of anilines is 1. The number of aryl methyl sites for hydroxylation is 1. The summed E-state index contributed by atoms with van der Waals surface area (Å²) in [6, 6.07) is 16.3. The van der Waals surface area contributed by atoms with Gasteiger partial charge in [0.2, 0.25) is 10.0 Å². The quantitative estimate of drug-likeness (QED) is 0.425. The molecule has 2 aliphatic rings. The topological polar surface area (TPSA) is 70.5 Å². The van der Waals surface area contributed by atoms with Crippen LogP contribution in [0.2, 0.25) is 0 Å². The van der Waals surface area contributed by atoms with Gasteiger partial charge < -0.3 is 14.8 Å². The number of rotatable bonds is 7. The number of benzene rings is 2. The highest BCUT2D eigenvalue weighted by Gasteiger charge is 2.46. The number of piperidine rings is 1. The number of hydrogen-bond acceptors (Lipinski definition) is 5. The first-order valence-electron chi connectivity index (χ1n) is 13.4. The number of nitrogens with zero attached hydrogens (tertiary/aromatic N) is 4. The summed E-state index contributed by atoms with van der Waals surface area (Å²) in [4.78, 5) is 6.65. The van der Waals surface area contributed by atoms with E-state index in [1.165, 1.54) is 0 Å². The van der Waals surface area contributed by atoms with Crippen LogP contribution >= 0.6 is 15.9 Å². The van der Waals surface area contributed by atoms with Gasteiger partial charge in [-0.25, -0.2) is 13.4 Å². The molecule has 5 rings (SSSR count). The third-order valence-corrected chi connectivity index (χ3v) is 11.7. The lowest BCUT2D eigenvalue weighted by Gasteiger charge is -2.42. The van der Waals surface area contributed by atoms with Gasteiger partial charge in [0.1, 0.15) is 0 Å². The van der Waals surface area contributed by atoms with Crippen LogP contribution in [0.3, 0.4) is 0 Å². The minimum Gasteiger partial charge on any atom is -0.364 e. The van der Waals surface area contributed by atoms with Crippen molar-refractivity contribution in [3.63, 3.8) is 0 Å². The van der Waals surface area contributed by atoms with Crippen LogP contribution in [0.5, 0.6) is 0 Å². The second kappa shape index (κ2) is 11.1. The molecular weight excluding hydrogens is 562 g/mol. The summed E-state index contributed by atoms with van der Waals surface area (Å²) in [7, 11) is -1.61. The Morgan fingerprint density at radius 2 is 1.89 bits per heavy atom. The van der Waals surface area contributed by atoms with Crippen LogP contribution in [0.15, 0.2) is 65.5 Å². The predicted octanol–water partition coefficient (Wildman–Crippen LogP) is 4.72. The minimum absolute atomic E-state index is 0.213. The molecule has 1 saturated heterocycles. The first-order valence-corrected chi connectivity index (χ1v) is 15.7. The number of nitrogens with one attached hydrogen (secondary N) is 1. The first kappa shape index (κ1) is 27.4. The number of hydrogen-bond donors (Lipinski definition) is 1. The zero-order chi connectivity index (χ0) is 26.9. The molecule has 0 spiro atoms. The van der Waals surface area contributed by atoms with Crippen LogP contribution in [0.1, 0.15) is 43.5 Å². The first-order chi connectivity index (χ1) is 18.2. The maximum Gasteiger partial charge on any atom is 0.217 e. The Bertz CT molecular complexity index is 1350. The van der Waals surface area contributed by atoms with Gasteiger partial charge in [0, 0.05) is 42.5 Å². The van der Waals surface area contributed by atoms with Crippen LogP contribution in [-0.4, -0.2) is 53.2 Å². The highest BCUT2D eigenvalue weighted by atomic mass is 79.9. The molecule has 1 fully saturated rings. The Kier molecular flexibility index (Phi) is 8.01. The number of aromatic nitrogens is 2. The highest BCUT2D eigenvalue weighted by Crippen LogP contribution is 2.40. The zero-order valence-electron chi connectivity index (χ0n) is 22.5. The molecule has 0 radical (unpaired) electrons. The SMILES string of the molecule is CC(C1(C)CCNCC1)S(=O)(=O)N1Cc2cc(Br)ccc2N(Cc2cncn2C)C[C@H]1Cc1ccccc1. The summed E-state index contributed by atoms with van der Waals surface area (Å²) in [6.07, 6.45) is 6.08. The van der Waals surface area contributed by atoms with E-state index in [4.69, 9.17) is 0 Å². The smallest absolute Gasteiger partial charge is 0.217 e. The van der Waals surface area contributed by atoms with Crippen molar-refractivity contribution in [1.29, 1.82) is 0 Å². The van der Waals surface area contributed by atoms with Gasteiger partial charge in [-0.2, -0.15) is 4.31 Å². The van der Waals surface area contributed by atoms with Gasteiger partial charge in [-0.3, -0.25) is 0 Å². The van der Waals surface area contributed by atoms with Crippen molar-refractivity contribution < 1.29 is 8.42 Å². The van der Waals surface area contributed by atoms with Crippen LogP contribution in [0, 0.1) is 5.41 Å². The van der Waals surface area contributed by atoms with Gasteiger partial charge in [0.05, 0.1) is 23.8 Å². The number of imidazole rings is 1. The van der Waals surface area contributed by atoms with Gasteiger partial charge in [0.15, 0.2) is 0 Å². The van der Waals surface area contributed by atoms with E-state index in [2.05, 4.69) is 62.3 Å². The molecule has 0 amide bonds. The molecule has 3 heterocycles. The lowest BCUT2D eigenvalue weighted by Crippen LogP contribution is -2.53. The monoisotopic (exact) mass is 599 g/mol. The van der Waals surface area contributed by atoms with Crippen molar-refractivity contribution in [3.8, 4) is 0 Å². The maximum atomic E-state index is 14.6. The molecule has 2 atom stereocenters. The van der Waals surface area contributed by atoms with Crippen molar-refractivity contribution >= 4 is 31.6 Å². The van der Waals surface area contributed by atoms with Crippen molar-refractivity contribution in [3.05, 3.63) is 82.3 Å². The van der Waals surface area contributed by atoms with Crippen LogP contribution in [0.25, 0.3) is 0 Å². The van der Waals surface area contributed by atoms with E-state index in [9.17, 15) is 8.42 Å². The Morgan fingerprint density at radius 3 is 2.58 bits per heavy atom. The van der Waals surface area contributed by atoms with Crippen LogP contribution in [0.4, 0.5) is 5.69 Å². The molecule has 38 heavy (non-hydrogen) atoms. The van der Waals surface area contributed by atoms with E-state index in [1.54, 1.807) is 0 Å². The molecule has 1 aromatic heterocycles. The molecule has 3 aromatic rings. The Hall–Kier alpha value is -2.20. The third kappa shape index (κ3) is 5.57. The predicted molar refractivity (Wildman–Crippen MR) is 156 cm³/mol. The summed E-state index contributed by atoms with van der Waals surface area (Å²) in [5.74, 6) is 0. The number of sulfonamides is 1. The number of halogens is 1. The van der Waals surface area contributed by atoms with Gasteiger partial charge in [0.25, 0.3) is 0 Å². The van der Waals surface area contributed by atoms with Gasteiger partial charge in [-0.15, -0.1) is 0 Å². The summed E-state index contributed by atoms with van der Waals surface area (Å²) in [5.41, 5.74) is 4.06. The fraction of sp³-hybridized carbons (Fsp3) is 0.483. The molecule has 7 nitrogen and oxygen atoms in total. The highest BCUT2D eigenvalue weighted by molar-refractivity contribution is 9.10. The zero-order valence-corrected chi connectivity index (χ0v) is 24.9. The van der Waals surface area contributed by atoms with E-state index in [0.29, 0.717) is 26.1 Å².